The number of hydrogen-bond donors (Lipinski definition) is 18. The summed E-state index contributed by atoms with van der Waals surface area (Å²) in [6.45, 7) is 6.54. The van der Waals surface area contributed by atoms with E-state index in [0.717, 1.165) is 0 Å². The van der Waals surface area contributed by atoms with E-state index in [-0.39, 0.29) is 153 Å². The van der Waals surface area contributed by atoms with Crippen LogP contribution in [0.25, 0.3) is 0 Å². The molecule has 1 aromatic carbocycles. The Balaban J connectivity index is 2.08. The number of aliphatic carboxylic acids is 1. The minimum Gasteiger partial charge on any atom is -0.481 e. The number of nitrogens with one attached hydrogen (secondary N) is 13. The third-order valence-corrected chi connectivity index (χ3v) is 16.7. The number of thiol groups is 2. The van der Waals surface area contributed by atoms with Gasteiger partial charge in [0.25, 0.3) is 0 Å². The fraction of sp³-hybridized carbons (Fsp3) is 0.657. The predicted octanol–water partition coefficient (Wildman–Crippen LogP) is -5.76. The predicted molar refractivity (Wildman–Crippen MR) is 407 cm³/mol. The van der Waals surface area contributed by atoms with Crippen LogP contribution in [0.15, 0.2) is 47.7 Å². The van der Waals surface area contributed by atoms with Gasteiger partial charge >= 0.3 is 12.1 Å². The molecule has 1 aliphatic heterocycles. The molecule has 0 unspecified atom stereocenters. The number of hydrogen-bond acceptors (Lipinski definition) is 28. The van der Waals surface area contributed by atoms with Crippen molar-refractivity contribution in [1.82, 2.24) is 69.3 Å². The number of hydroxylamine groups is 1. The molecule has 1 aliphatic rings. The van der Waals surface area contributed by atoms with Crippen LogP contribution in [0.3, 0.4) is 0 Å². The topological polar surface area (TPSA) is 572 Å². The second kappa shape index (κ2) is 61.9. The summed E-state index contributed by atoms with van der Waals surface area (Å²) >= 11 is 9.72. The van der Waals surface area contributed by atoms with Gasteiger partial charge in [0, 0.05) is 69.9 Å². The van der Waals surface area contributed by atoms with E-state index in [9.17, 15) is 72.2 Å². The number of methoxy groups -OCH3 is 1. The minimum absolute atomic E-state index is 0.0146. The molecule has 2 rings (SSSR count). The van der Waals surface area contributed by atoms with Crippen LogP contribution < -0.4 is 80.7 Å². The zero-order valence-electron chi connectivity index (χ0n) is 62.5. The van der Waals surface area contributed by atoms with Gasteiger partial charge in [-0.15, -0.1) is 0 Å². The lowest BCUT2D eigenvalue weighted by Gasteiger charge is -2.26. The fourth-order valence-electron chi connectivity index (χ4n) is 9.31. The van der Waals surface area contributed by atoms with Crippen molar-refractivity contribution in [2.24, 2.45) is 16.5 Å². The number of nitrogens with two attached hydrogens (primary N) is 2. The zero-order chi connectivity index (χ0) is 81.8. The summed E-state index contributed by atoms with van der Waals surface area (Å²) in [6, 6.07) is -1.74. The number of carbonyl (C=O) groups excluding carboxylic acids is 13. The Morgan fingerprint density at radius 2 is 1.04 bits per heavy atom. The quantitative estimate of drug-likeness (QED) is 0.00722. The molecule has 1 heterocycles. The summed E-state index contributed by atoms with van der Waals surface area (Å²) in [5.74, 6) is -11.7. The molecule has 111 heavy (non-hydrogen) atoms. The van der Waals surface area contributed by atoms with Gasteiger partial charge in [-0.2, -0.15) is 42.5 Å². The smallest absolute Gasteiger partial charge is 0.436 e. The second-order valence-corrected chi connectivity index (χ2v) is 25.9. The average molecular weight is 1640 g/mol. The highest BCUT2D eigenvalue weighted by Crippen LogP contribution is 2.12. The molecule has 1 fully saturated rings. The van der Waals surface area contributed by atoms with Crippen LogP contribution >= 0.6 is 37.0 Å². The van der Waals surface area contributed by atoms with Crippen molar-refractivity contribution >= 4 is 126 Å². The highest BCUT2D eigenvalue weighted by Gasteiger charge is 2.34. The average Bonchev–Trinajstić information content (AvgIpc) is 0.837. The number of aliphatic imine (C=N–C) groups is 1. The van der Waals surface area contributed by atoms with E-state index in [1.165, 1.54) is 25.8 Å². The number of guanidine groups is 1. The van der Waals surface area contributed by atoms with Crippen molar-refractivity contribution in [3.05, 3.63) is 48.2 Å². The lowest BCUT2D eigenvalue weighted by molar-refractivity contribution is -0.141. The Labute approximate surface area is 658 Å². The third-order valence-electron chi connectivity index (χ3n) is 14.8. The summed E-state index contributed by atoms with van der Waals surface area (Å²) < 4.78 is 47.6. The Bertz CT molecular complexity index is 3060. The standard InChI is InChI=1S/C67H110N16O25S3/c1-44(2)108-67(98)83-107-40-57(88)72-19-22-102-27-29-104-31-33-105-32-30-103-28-26-101-21-18-71-56(87)39-106-38-55(86)70-16-8-7-13-47-61(93)80-50(41-109)64(96)78-46(14-9-17-74-66(68)69)59(91)75-37-54(85)77-49(36-58(89)90)63(95)81-51(42-110)65(97)79-48(35-45-11-5-4-6-12-45)62(94)82-52(43-111-34-10-15-53(84)76-47)60(92)73-20-23-100-25-24-99-3/h4-6,11-12,46-52,109-110H,1,7-10,13-43H2,2-3H3,(H,70,86)(H,71,87)(H,72,88)(H,73,92)(H,75,91)(H,76,84)(H,77,85)(H,78,96)(H,79,97)(H,80,93)(H,81,95)(H,82,94)(H,83,98)(H,89,90)(H4,68,69,74)/t46-,47-,48-,49-,50-,51-,52-/m0/s1. The van der Waals surface area contributed by atoms with Crippen LogP contribution in [0.5, 0.6) is 0 Å². The first kappa shape index (κ1) is 98.4. The maximum Gasteiger partial charge on any atom is 0.436 e. The van der Waals surface area contributed by atoms with Crippen LogP contribution in [-0.2, 0) is 116 Å². The summed E-state index contributed by atoms with van der Waals surface area (Å²) in [5.41, 5.74) is 13.5. The molecule has 18 N–H and O–H groups in total. The Morgan fingerprint density at radius 1 is 0.559 bits per heavy atom. The summed E-state index contributed by atoms with van der Waals surface area (Å²) in [4.78, 5) is 194. The number of unbranched alkanes of at least 4 members (excludes halogenated alkanes) is 1. The van der Waals surface area contributed by atoms with E-state index in [0.29, 0.717) is 51.8 Å². The van der Waals surface area contributed by atoms with Gasteiger partial charge in [-0.25, -0.2) is 4.79 Å². The van der Waals surface area contributed by atoms with Crippen LogP contribution in [0, 0.1) is 0 Å². The molecule has 7 atom stereocenters. The Morgan fingerprint density at radius 3 is 1.59 bits per heavy atom. The molecule has 13 amide bonds. The number of benzene rings is 1. The molecule has 1 aromatic rings. The Hall–Kier alpha value is -8.70. The highest BCUT2D eigenvalue weighted by atomic mass is 32.2. The van der Waals surface area contributed by atoms with Crippen LogP contribution in [0.4, 0.5) is 4.79 Å². The number of amides is 13. The van der Waals surface area contributed by atoms with E-state index in [1.54, 1.807) is 30.3 Å². The van der Waals surface area contributed by atoms with Crippen LogP contribution in [0.2, 0.25) is 0 Å². The lowest BCUT2D eigenvalue weighted by atomic mass is 10.0. The van der Waals surface area contributed by atoms with Gasteiger partial charge in [0.15, 0.2) is 12.6 Å². The van der Waals surface area contributed by atoms with Gasteiger partial charge in [0.2, 0.25) is 70.9 Å². The number of allylic oxidation sites excluding steroid dienone is 1. The van der Waals surface area contributed by atoms with Crippen LogP contribution in [-0.4, -0.2) is 311 Å². The number of ether oxygens (including phenoxy) is 9. The number of carboxylic acids is 1. The van der Waals surface area contributed by atoms with Gasteiger partial charge in [0.1, 0.15) is 55.5 Å². The van der Waals surface area contributed by atoms with Crippen molar-refractivity contribution in [2.45, 2.75) is 107 Å². The maximum absolute atomic E-state index is 14.4. The van der Waals surface area contributed by atoms with E-state index in [1.807, 2.05) is 5.48 Å². The summed E-state index contributed by atoms with van der Waals surface area (Å²) in [6.07, 6.45) is -1.62. The number of carbonyl (C=O) groups is 14. The van der Waals surface area contributed by atoms with Gasteiger partial charge < -0.3 is 123 Å². The monoisotopic (exact) mass is 1630 g/mol. The van der Waals surface area contributed by atoms with Crippen molar-refractivity contribution in [1.29, 1.82) is 0 Å². The molecular weight excluding hydrogens is 1530 g/mol. The molecule has 41 nitrogen and oxygen atoms in total. The molecule has 44 heteroatoms. The molecule has 626 valence electrons. The molecule has 0 bridgehead atoms. The number of carboxylic acid groups (broad SMARTS) is 1. The van der Waals surface area contributed by atoms with E-state index >= 15 is 0 Å². The normalized spacial score (nSPS) is 18.8. The third kappa shape index (κ3) is 50.0. The second-order valence-electron chi connectivity index (χ2n) is 24.0. The summed E-state index contributed by atoms with van der Waals surface area (Å²) in [5, 5.41) is 40.4. The first-order valence-corrected chi connectivity index (χ1v) is 38.1. The summed E-state index contributed by atoms with van der Waals surface area (Å²) in [7, 11) is 1.49. The molecule has 0 aromatic heterocycles. The molecule has 1 saturated heterocycles. The SMILES string of the molecule is C=C(C)OC(=O)NOCC(=O)NCCOCCOCCOCCOCCOCCNC(=O)COCC(=O)NCCCC[C@@H]1NC(=O)CCCSC[C@@H](C(=O)NCCOCCOC)NC(=O)[C@H](Cc2ccccc2)NC(=O)[C@H](CS)NC(=O)[C@H](CC(=O)O)NC(=O)CNC(=O)[C@H](CCCN=C(N)N)NC(=O)[C@H](CS)NC1=O. The minimum atomic E-state index is -1.85. The van der Waals surface area contributed by atoms with Crippen LogP contribution in [0.1, 0.15) is 63.9 Å². The van der Waals surface area contributed by atoms with Gasteiger partial charge in [-0.1, -0.05) is 36.9 Å². The maximum atomic E-state index is 14.4. The van der Waals surface area contributed by atoms with Crippen molar-refractivity contribution in [3.8, 4) is 0 Å². The van der Waals surface area contributed by atoms with Crippen molar-refractivity contribution < 1.29 is 120 Å². The van der Waals surface area contributed by atoms with E-state index < -0.39 is 164 Å². The number of rotatable bonds is 48. The molecule has 0 saturated carbocycles. The first-order valence-electron chi connectivity index (χ1n) is 35.7. The first-order chi connectivity index (χ1) is 53.3. The largest absolute Gasteiger partial charge is 0.481 e. The lowest BCUT2D eigenvalue weighted by Crippen LogP contribution is -2.60. The van der Waals surface area contributed by atoms with Crippen molar-refractivity contribution in [2.75, 3.05) is 175 Å². The van der Waals surface area contributed by atoms with E-state index in [4.69, 9.17) is 54.2 Å². The molecular formula is C67H110N16O25S3. The number of nitrogens with zero attached hydrogens (tertiary/aromatic N) is 1. The van der Waals surface area contributed by atoms with E-state index in [2.05, 4.69) is 105 Å². The highest BCUT2D eigenvalue weighted by molar-refractivity contribution is 7.99. The molecule has 0 spiro atoms. The van der Waals surface area contributed by atoms with Gasteiger partial charge in [-0.3, -0.25) is 72.2 Å². The Kier molecular flexibility index (Phi) is 54.9. The zero-order valence-corrected chi connectivity index (χ0v) is 65.1. The number of thioether (sulfide) groups is 1. The molecule has 0 aliphatic carbocycles. The fourth-order valence-corrected chi connectivity index (χ4v) is 10.8. The van der Waals surface area contributed by atoms with Gasteiger partial charge in [0.05, 0.1) is 105 Å². The van der Waals surface area contributed by atoms with Crippen molar-refractivity contribution in [3.63, 3.8) is 0 Å². The van der Waals surface area contributed by atoms with Gasteiger partial charge in [-0.05, 0) is 56.8 Å². The molecule has 0 radical (unpaired) electrons.